The van der Waals surface area contributed by atoms with Gasteiger partial charge < -0.3 is 26.2 Å². The standard InChI is InChI=1S/C27H25ClN2O7/c1-30(2)21-16-10-12-9-15-14(11-3-5-13(28)6-4-11)7-8-17(31)19(15)22(32)18(12)24(34)27(16,37)25(35)20(23(21)33)26(29)36/h3-8,12,16,21,31,33-34,37H,9-10H2,1-2H3,(H2,29,36)/t12-,16-,21-,27+/m1/s1. The molecule has 2 aromatic rings. The van der Waals surface area contributed by atoms with E-state index < -0.39 is 58.0 Å². The van der Waals surface area contributed by atoms with Gasteiger partial charge in [0.05, 0.1) is 11.6 Å². The third-order valence-electron chi connectivity index (χ3n) is 7.76. The van der Waals surface area contributed by atoms with Crippen LogP contribution in [0.25, 0.3) is 11.1 Å². The first kappa shape index (κ1) is 25.0. The molecule has 0 unspecified atom stereocenters. The van der Waals surface area contributed by atoms with Crippen molar-refractivity contribution >= 4 is 29.1 Å². The van der Waals surface area contributed by atoms with Crippen LogP contribution in [0.3, 0.4) is 0 Å². The lowest BCUT2D eigenvalue weighted by Crippen LogP contribution is -2.63. The Morgan fingerprint density at radius 1 is 1.08 bits per heavy atom. The molecule has 0 bridgehead atoms. The molecule has 0 aromatic heterocycles. The van der Waals surface area contributed by atoms with Gasteiger partial charge in [0.15, 0.2) is 11.4 Å². The lowest BCUT2D eigenvalue weighted by Gasteiger charge is -2.50. The van der Waals surface area contributed by atoms with Gasteiger partial charge in [-0.3, -0.25) is 19.3 Å². The average molecular weight is 525 g/mol. The second kappa shape index (κ2) is 8.44. The van der Waals surface area contributed by atoms with Crippen molar-refractivity contribution in [3.8, 4) is 16.9 Å². The van der Waals surface area contributed by atoms with Crippen LogP contribution in [-0.2, 0) is 16.0 Å². The van der Waals surface area contributed by atoms with Gasteiger partial charge in [-0.05, 0) is 67.7 Å². The van der Waals surface area contributed by atoms with Gasteiger partial charge in [0.25, 0.3) is 5.91 Å². The maximum absolute atomic E-state index is 13.8. The fraction of sp³-hybridized carbons (Fsp3) is 0.296. The first-order chi connectivity index (χ1) is 17.4. The molecule has 1 amide bonds. The van der Waals surface area contributed by atoms with Crippen LogP contribution in [-0.4, -0.2) is 68.5 Å². The number of aliphatic hydroxyl groups excluding tert-OH is 2. The van der Waals surface area contributed by atoms with Gasteiger partial charge in [-0.2, -0.15) is 0 Å². The Bertz CT molecular complexity index is 1440. The van der Waals surface area contributed by atoms with Gasteiger partial charge in [-0.25, -0.2) is 0 Å². The van der Waals surface area contributed by atoms with E-state index in [2.05, 4.69) is 0 Å². The topological polar surface area (TPSA) is 161 Å². The molecule has 5 rings (SSSR count). The Labute approximate surface area is 217 Å². The molecule has 0 spiro atoms. The molecule has 0 heterocycles. The number of carbonyl (C=O) groups excluding carboxylic acids is 3. The van der Waals surface area contributed by atoms with E-state index in [4.69, 9.17) is 17.3 Å². The highest BCUT2D eigenvalue weighted by Crippen LogP contribution is 2.53. The van der Waals surface area contributed by atoms with Crippen molar-refractivity contribution in [1.29, 1.82) is 0 Å². The zero-order chi connectivity index (χ0) is 27.0. The van der Waals surface area contributed by atoms with E-state index in [9.17, 15) is 34.8 Å². The number of likely N-dealkylation sites (N-methyl/N-ethyl adjacent to an activating group) is 1. The second-order valence-electron chi connectivity index (χ2n) is 9.96. The molecular weight excluding hydrogens is 500 g/mol. The maximum Gasteiger partial charge on any atom is 0.255 e. The summed E-state index contributed by atoms with van der Waals surface area (Å²) >= 11 is 6.03. The number of nitrogens with zero attached hydrogens (tertiary/aromatic N) is 1. The Kier molecular flexibility index (Phi) is 5.71. The number of aliphatic hydroxyl groups is 3. The quantitative estimate of drug-likeness (QED) is 0.382. The number of fused-ring (bicyclic) bond motifs is 3. The number of phenols is 1. The number of aromatic hydroxyl groups is 1. The molecule has 192 valence electrons. The molecule has 37 heavy (non-hydrogen) atoms. The number of Topliss-reactive ketones (excluding diaryl/α,β-unsaturated/α-hetero) is 2. The van der Waals surface area contributed by atoms with Crippen molar-refractivity contribution in [3.63, 3.8) is 0 Å². The minimum absolute atomic E-state index is 0.0292. The largest absolute Gasteiger partial charge is 0.510 e. The van der Waals surface area contributed by atoms with Gasteiger partial charge >= 0.3 is 0 Å². The SMILES string of the molecule is CN(C)[C@H]1C(O)=C(C(N)=O)C(=O)[C@@]2(O)C(O)=C3C(=O)c4c(O)ccc(-c5ccc(Cl)cc5)c4C[C@@H]3C[C@H]12. The lowest BCUT2D eigenvalue weighted by molar-refractivity contribution is -0.148. The molecule has 0 fully saturated rings. The number of ketones is 2. The van der Waals surface area contributed by atoms with Crippen LogP contribution in [0.1, 0.15) is 22.3 Å². The number of amides is 1. The molecule has 0 radical (unpaired) electrons. The Morgan fingerprint density at radius 2 is 1.73 bits per heavy atom. The van der Waals surface area contributed by atoms with E-state index >= 15 is 0 Å². The predicted octanol–water partition coefficient (Wildman–Crippen LogP) is 2.44. The van der Waals surface area contributed by atoms with Gasteiger partial charge in [0.1, 0.15) is 22.8 Å². The predicted molar refractivity (Wildman–Crippen MR) is 134 cm³/mol. The van der Waals surface area contributed by atoms with Gasteiger partial charge in [-0.15, -0.1) is 0 Å². The van der Waals surface area contributed by atoms with Gasteiger partial charge in [-0.1, -0.05) is 29.8 Å². The Morgan fingerprint density at radius 3 is 2.32 bits per heavy atom. The van der Waals surface area contributed by atoms with Crippen LogP contribution >= 0.6 is 11.6 Å². The van der Waals surface area contributed by atoms with Crippen LogP contribution in [0.4, 0.5) is 0 Å². The number of rotatable bonds is 3. The van der Waals surface area contributed by atoms with E-state index in [1.54, 1.807) is 44.4 Å². The summed E-state index contributed by atoms with van der Waals surface area (Å²) in [4.78, 5) is 40.7. The summed E-state index contributed by atoms with van der Waals surface area (Å²) in [5, 5.41) is 45.0. The van der Waals surface area contributed by atoms with Crippen molar-refractivity contribution in [2.24, 2.45) is 17.6 Å². The lowest BCUT2D eigenvalue weighted by atomic mass is 9.58. The molecule has 0 saturated heterocycles. The highest BCUT2D eigenvalue weighted by molar-refractivity contribution is 6.30. The highest BCUT2D eigenvalue weighted by atomic mass is 35.5. The summed E-state index contributed by atoms with van der Waals surface area (Å²) in [5.74, 6) is -6.75. The molecule has 0 aliphatic heterocycles. The maximum atomic E-state index is 13.8. The molecule has 3 aliphatic rings. The van der Waals surface area contributed by atoms with Crippen molar-refractivity contribution in [3.05, 3.63) is 75.2 Å². The first-order valence-corrected chi connectivity index (χ1v) is 12.0. The van der Waals surface area contributed by atoms with Crippen molar-refractivity contribution < 1.29 is 34.8 Å². The van der Waals surface area contributed by atoms with Crippen LogP contribution < -0.4 is 5.73 Å². The van der Waals surface area contributed by atoms with Crippen molar-refractivity contribution in [2.75, 3.05) is 14.1 Å². The summed E-state index contributed by atoms with van der Waals surface area (Å²) < 4.78 is 0. The zero-order valence-corrected chi connectivity index (χ0v) is 20.8. The normalized spacial score (nSPS) is 27.2. The van der Waals surface area contributed by atoms with Gasteiger partial charge in [0, 0.05) is 16.5 Å². The van der Waals surface area contributed by atoms with Crippen molar-refractivity contribution in [2.45, 2.75) is 24.5 Å². The fourth-order valence-electron chi connectivity index (χ4n) is 6.15. The average Bonchev–Trinajstić information content (AvgIpc) is 2.82. The van der Waals surface area contributed by atoms with E-state index in [0.717, 1.165) is 5.56 Å². The number of halogens is 1. The fourth-order valence-corrected chi connectivity index (χ4v) is 6.28. The molecule has 10 heteroatoms. The number of hydrogen-bond acceptors (Lipinski definition) is 8. The Hall–Kier alpha value is -3.66. The van der Waals surface area contributed by atoms with E-state index in [1.165, 1.54) is 11.0 Å². The molecule has 9 nitrogen and oxygen atoms in total. The number of allylic oxidation sites excluding steroid dienone is 1. The summed E-state index contributed by atoms with van der Waals surface area (Å²) in [6.07, 6.45) is 0.238. The molecule has 6 N–H and O–H groups in total. The monoisotopic (exact) mass is 524 g/mol. The molecule has 4 atom stereocenters. The zero-order valence-electron chi connectivity index (χ0n) is 20.0. The highest BCUT2D eigenvalue weighted by Gasteiger charge is 2.63. The number of carbonyl (C=O) groups is 3. The number of benzene rings is 2. The molecule has 2 aromatic carbocycles. The van der Waals surface area contributed by atoms with Crippen LogP contribution in [0.2, 0.25) is 5.02 Å². The second-order valence-corrected chi connectivity index (χ2v) is 10.4. The smallest absolute Gasteiger partial charge is 0.255 e. The Balaban J connectivity index is 1.72. The van der Waals surface area contributed by atoms with Crippen molar-refractivity contribution in [1.82, 2.24) is 4.90 Å². The molecule has 0 saturated carbocycles. The summed E-state index contributed by atoms with van der Waals surface area (Å²) in [6, 6.07) is 9.03. The number of hydrogen-bond donors (Lipinski definition) is 5. The van der Waals surface area contributed by atoms with Crippen LogP contribution in [0.15, 0.2) is 59.1 Å². The number of nitrogens with two attached hydrogens (primary N) is 1. The third-order valence-corrected chi connectivity index (χ3v) is 8.01. The minimum atomic E-state index is -2.66. The summed E-state index contributed by atoms with van der Waals surface area (Å²) in [7, 11) is 3.17. The summed E-state index contributed by atoms with van der Waals surface area (Å²) in [5.41, 5.74) is 3.65. The van der Waals surface area contributed by atoms with E-state index in [1.807, 2.05) is 0 Å². The van der Waals surface area contributed by atoms with Gasteiger partial charge in [0.2, 0.25) is 5.78 Å². The van der Waals surface area contributed by atoms with Crippen LogP contribution in [0, 0.1) is 11.8 Å². The molecule has 3 aliphatic carbocycles. The third kappa shape index (κ3) is 3.42. The summed E-state index contributed by atoms with van der Waals surface area (Å²) in [6.45, 7) is 0. The van der Waals surface area contributed by atoms with E-state index in [0.29, 0.717) is 16.1 Å². The van der Waals surface area contributed by atoms with Crippen LogP contribution in [0.5, 0.6) is 5.75 Å². The first-order valence-electron chi connectivity index (χ1n) is 11.6. The molecular formula is C27H25ClN2O7. The minimum Gasteiger partial charge on any atom is -0.510 e. The number of primary amides is 1. The number of phenolic OH excluding ortho intramolecular Hbond substituents is 1. The van der Waals surface area contributed by atoms with E-state index in [-0.39, 0.29) is 29.7 Å².